The maximum atomic E-state index is 3.53. The van der Waals surface area contributed by atoms with Gasteiger partial charge in [0.25, 0.3) is 0 Å². The Kier molecular flexibility index (Phi) is 17.3. The third-order valence-corrected chi connectivity index (χ3v) is 2.16. The van der Waals surface area contributed by atoms with Gasteiger partial charge in [0.2, 0.25) is 0 Å². The lowest BCUT2D eigenvalue weighted by Crippen LogP contribution is -1.67. The van der Waals surface area contributed by atoms with Gasteiger partial charge in [0, 0.05) is 0 Å². The molecule has 18 heavy (non-hydrogen) atoms. The first-order valence-corrected chi connectivity index (χ1v) is 7.66. The lowest BCUT2D eigenvalue weighted by molar-refractivity contribution is 0.886. The minimum Gasteiger partial charge on any atom is -0.183 e. The molecule has 0 aliphatic heterocycles. The summed E-state index contributed by atoms with van der Waals surface area (Å²) in [5.41, 5.74) is 0. The fourth-order valence-corrected chi connectivity index (χ4v) is 1.13. The normalized spacial score (nSPS) is 7.89. The Balaban J connectivity index is 0. The third-order valence-electron chi connectivity index (χ3n) is 2.16. The minimum atomic E-state index is 1.31. The molecule has 0 aliphatic carbocycles. The van der Waals surface area contributed by atoms with Gasteiger partial charge in [0.1, 0.15) is 0 Å². The van der Waals surface area contributed by atoms with Crippen LogP contribution in [0.25, 0.3) is 10.8 Å². The van der Waals surface area contributed by atoms with E-state index in [1.807, 2.05) is 13.8 Å². The Morgan fingerprint density at radius 3 is 1.06 bits per heavy atom. The van der Waals surface area contributed by atoms with Crippen molar-refractivity contribution in [1.82, 2.24) is 0 Å². The van der Waals surface area contributed by atoms with Crippen LogP contribution in [-0.2, 0) is 0 Å². The number of thiol groups is 1. The zero-order chi connectivity index (χ0) is 14.2. The molecule has 0 heterocycles. The SMILES string of the molecule is CC.CCCC.CS.c1ccc2ccccc2c1. The van der Waals surface area contributed by atoms with E-state index in [0.717, 1.165) is 0 Å². The summed E-state index contributed by atoms with van der Waals surface area (Å²) in [5.74, 6) is 0. The topological polar surface area (TPSA) is 0 Å². The maximum Gasteiger partial charge on any atom is -0.0184 e. The summed E-state index contributed by atoms with van der Waals surface area (Å²) < 4.78 is 0. The van der Waals surface area contributed by atoms with Crippen molar-refractivity contribution >= 4 is 23.4 Å². The highest BCUT2D eigenvalue weighted by molar-refractivity contribution is 7.79. The smallest absolute Gasteiger partial charge is 0.0184 e. The number of rotatable bonds is 1. The molecule has 0 nitrogen and oxygen atoms in total. The number of unbranched alkanes of at least 4 members (excludes halogenated alkanes) is 1. The molecule has 2 aromatic rings. The monoisotopic (exact) mass is 264 g/mol. The van der Waals surface area contributed by atoms with Crippen molar-refractivity contribution in [3.05, 3.63) is 48.5 Å². The Labute approximate surface area is 119 Å². The van der Waals surface area contributed by atoms with Crippen LogP contribution in [0, 0.1) is 0 Å². The summed E-state index contributed by atoms with van der Waals surface area (Å²) in [6.07, 6.45) is 4.33. The fraction of sp³-hybridized carbons (Fsp3) is 0.412. The van der Waals surface area contributed by atoms with Crippen LogP contribution >= 0.6 is 12.6 Å². The van der Waals surface area contributed by atoms with Gasteiger partial charge in [-0.1, -0.05) is 89.1 Å². The maximum absolute atomic E-state index is 3.53. The lowest BCUT2D eigenvalue weighted by atomic mass is 10.1. The molecule has 0 amide bonds. The number of hydrogen-bond donors (Lipinski definition) is 1. The average molecular weight is 264 g/mol. The van der Waals surface area contributed by atoms with Crippen molar-refractivity contribution in [2.24, 2.45) is 0 Å². The zero-order valence-electron chi connectivity index (χ0n) is 12.5. The number of hydrogen-bond acceptors (Lipinski definition) is 1. The van der Waals surface area contributed by atoms with Gasteiger partial charge in [0.05, 0.1) is 0 Å². The van der Waals surface area contributed by atoms with Crippen LogP contribution in [0.2, 0.25) is 0 Å². The van der Waals surface area contributed by atoms with Crippen LogP contribution in [0.5, 0.6) is 0 Å². The van der Waals surface area contributed by atoms with E-state index in [2.05, 4.69) is 75.0 Å². The molecule has 0 spiro atoms. The molecule has 0 atom stereocenters. The molecular formula is C17H28S. The number of fused-ring (bicyclic) bond motifs is 1. The molecule has 102 valence electrons. The van der Waals surface area contributed by atoms with E-state index in [1.165, 1.54) is 23.6 Å². The summed E-state index contributed by atoms with van der Waals surface area (Å²) in [4.78, 5) is 0. The van der Waals surface area contributed by atoms with E-state index in [0.29, 0.717) is 0 Å². The van der Waals surface area contributed by atoms with Crippen LogP contribution in [0.1, 0.15) is 40.5 Å². The van der Waals surface area contributed by atoms with E-state index in [4.69, 9.17) is 0 Å². The van der Waals surface area contributed by atoms with Gasteiger partial charge in [-0.05, 0) is 17.0 Å². The highest BCUT2D eigenvalue weighted by Gasteiger charge is 1.85. The van der Waals surface area contributed by atoms with Gasteiger partial charge in [-0.2, -0.15) is 12.6 Å². The summed E-state index contributed by atoms with van der Waals surface area (Å²) in [5, 5.41) is 2.62. The molecule has 0 bridgehead atoms. The molecule has 0 fully saturated rings. The molecule has 0 radical (unpaired) electrons. The molecule has 2 aromatic carbocycles. The summed E-state index contributed by atoms with van der Waals surface area (Å²) in [6, 6.07) is 16.7. The third kappa shape index (κ3) is 9.12. The predicted octanol–water partition coefficient (Wildman–Crippen LogP) is 6.22. The van der Waals surface area contributed by atoms with Gasteiger partial charge >= 0.3 is 0 Å². The molecule has 0 saturated carbocycles. The Hall–Kier alpha value is -0.950. The summed E-state index contributed by atoms with van der Waals surface area (Å²) in [6.45, 7) is 8.36. The molecule has 0 unspecified atom stereocenters. The van der Waals surface area contributed by atoms with Crippen LogP contribution in [0.3, 0.4) is 0 Å². The first-order valence-electron chi connectivity index (χ1n) is 6.77. The Morgan fingerprint density at radius 2 is 0.889 bits per heavy atom. The van der Waals surface area contributed by atoms with E-state index in [-0.39, 0.29) is 0 Å². The van der Waals surface area contributed by atoms with Crippen molar-refractivity contribution in [3.63, 3.8) is 0 Å². The van der Waals surface area contributed by atoms with E-state index in [9.17, 15) is 0 Å². The highest BCUT2D eigenvalue weighted by Crippen LogP contribution is 2.11. The predicted molar refractivity (Wildman–Crippen MR) is 90.8 cm³/mol. The first-order chi connectivity index (χ1) is 8.88. The summed E-state index contributed by atoms with van der Waals surface area (Å²) in [7, 11) is 0. The van der Waals surface area contributed by atoms with Crippen molar-refractivity contribution in [2.75, 3.05) is 6.26 Å². The molecule has 2 rings (SSSR count). The van der Waals surface area contributed by atoms with Crippen LogP contribution in [-0.4, -0.2) is 6.26 Å². The Bertz CT molecular complexity index is 301. The molecule has 0 saturated heterocycles. The van der Waals surface area contributed by atoms with Crippen LogP contribution in [0.15, 0.2) is 48.5 Å². The van der Waals surface area contributed by atoms with Gasteiger partial charge < -0.3 is 0 Å². The highest BCUT2D eigenvalue weighted by atomic mass is 32.1. The zero-order valence-corrected chi connectivity index (χ0v) is 13.4. The Morgan fingerprint density at radius 1 is 0.667 bits per heavy atom. The van der Waals surface area contributed by atoms with Gasteiger partial charge in [0.15, 0.2) is 0 Å². The van der Waals surface area contributed by atoms with Crippen LogP contribution in [0.4, 0.5) is 0 Å². The second-order valence-electron chi connectivity index (χ2n) is 3.35. The van der Waals surface area contributed by atoms with Crippen molar-refractivity contribution < 1.29 is 0 Å². The fourth-order valence-electron chi connectivity index (χ4n) is 1.13. The standard InChI is InChI=1S/C10H8.C4H10.C2H6.CH4S/c1-2-6-10-8-4-3-7-9(10)5-1;1-3-4-2;2*1-2/h1-8H;3-4H2,1-2H3;1-2H3;2H,1H3. The van der Waals surface area contributed by atoms with E-state index < -0.39 is 0 Å². The minimum absolute atomic E-state index is 1.31. The van der Waals surface area contributed by atoms with Crippen molar-refractivity contribution in [2.45, 2.75) is 40.5 Å². The first kappa shape index (κ1) is 19.4. The quantitative estimate of drug-likeness (QED) is 0.581. The van der Waals surface area contributed by atoms with E-state index >= 15 is 0 Å². The van der Waals surface area contributed by atoms with Gasteiger partial charge in [-0.3, -0.25) is 0 Å². The molecule has 1 heteroatoms. The van der Waals surface area contributed by atoms with Crippen LogP contribution < -0.4 is 0 Å². The second-order valence-corrected chi connectivity index (χ2v) is 3.35. The number of benzene rings is 2. The largest absolute Gasteiger partial charge is 0.183 e. The van der Waals surface area contributed by atoms with E-state index in [1.54, 1.807) is 6.26 Å². The van der Waals surface area contributed by atoms with Gasteiger partial charge in [-0.25, -0.2) is 0 Å². The molecular weight excluding hydrogens is 236 g/mol. The molecule has 0 N–H and O–H groups in total. The molecule has 0 aromatic heterocycles. The van der Waals surface area contributed by atoms with Crippen molar-refractivity contribution in [3.8, 4) is 0 Å². The van der Waals surface area contributed by atoms with Gasteiger partial charge in [-0.15, -0.1) is 0 Å². The molecule has 0 aliphatic rings. The lowest BCUT2D eigenvalue weighted by Gasteiger charge is -1.92. The second kappa shape index (κ2) is 16.1. The summed E-state index contributed by atoms with van der Waals surface area (Å²) >= 11 is 3.53. The average Bonchev–Trinajstić information content (AvgIpc) is 2.51. The van der Waals surface area contributed by atoms with Crippen molar-refractivity contribution in [1.29, 1.82) is 0 Å².